The van der Waals surface area contributed by atoms with Gasteiger partial charge in [-0.1, -0.05) is 0 Å². The number of ether oxygens (including phenoxy) is 2. The molecule has 0 saturated carbocycles. The zero-order valence-electron chi connectivity index (χ0n) is 12.0. The van der Waals surface area contributed by atoms with Crippen molar-refractivity contribution in [1.82, 2.24) is 0 Å². The van der Waals surface area contributed by atoms with Crippen LogP contribution in [0.4, 0.5) is 0 Å². The van der Waals surface area contributed by atoms with E-state index >= 15 is 0 Å². The van der Waals surface area contributed by atoms with E-state index in [4.69, 9.17) is 19.7 Å². The van der Waals surface area contributed by atoms with Crippen LogP contribution in [0, 0.1) is 0 Å². The fraction of sp³-hybridized carbons (Fsp3) is 0.692. The van der Waals surface area contributed by atoms with Gasteiger partial charge in [-0.3, -0.25) is 9.59 Å². The number of carboxylic acids is 2. The summed E-state index contributed by atoms with van der Waals surface area (Å²) in [5.41, 5.74) is -3.17. The second-order valence-corrected chi connectivity index (χ2v) is 5.25. The summed E-state index contributed by atoms with van der Waals surface area (Å²) in [7, 11) is 0. The number of aliphatic carboxylic acids is 2. The Morgan fingerprint density at radius 1 is 1.10 bits per heavy atom. The maximum Gasteiger partial charge on any atom is 0.343 e. The van der Waals surface area contributed by atoms with E-state index in [1.54, 1.807) is 6.92 Å². The Morgan fingerprint density at radius 3 is 1.81 bits per heavy atom. The first-order chi connectivity index (χ1) is 9.54. The van der Waals surface area contributed by atoms with Crippen LogP contribution >= 0.6 is 0 Å². The molecule has 8 nitrogen and oxygen atoms in total. The fourth-order valence-corrected chi connectivity index (χ4v) is 1.98. The molecule has 0 amide bonds. The van der Waals surface area contributed by atoms with Gasteiger partial charge in [0.1, 0.15) is 0 Å². The van der Waals surface area contributed by atoms with Crippen LogP contribution < -0.4 is 0 Å². The summed E-state index contributed by atoms with van der Waals surface area (Å²) in [4.78, 5) is 42.8. The second-order valence-electron chi connectivity index (χ2n) is 5.25. The summed E-state index contributed by atoms with van der Waals surface area (Å²) >= 11 is 0. The lowest BCUT2D eigenvalue weighted by Gasteiger charge is -2.15. The monoisotopic (exact) mass is 302 g/mol. The molecule has 21 heavy (non-hydrogen) atoms. The lowest BCUT2D eigenvalue weighted by Crippen LogP contribution is -2.41. The largest absolute Gasteiger partial charge is 0.479 e. The molecule has 2 N–H and O–H groups in total. The molecule has 8 heteroatoms. The van der Waals surface area contributed by atoms with Gasteiger partial charge >= 0.3 is 11.9 Å². The van der Waals surface area contributed by atoms with E-state index in [1.165, 1.54) is 13.8 Å². The predicted molar refractivity (Wildman–Crippen MR) is 67.8 cm³/mol. The first-order valence-electron chi connectivity index (χ1n) is 6.39. The van der Waals surface area contributed by atoms with Crippen LogP contribution in [0.15, 0.2) is 0 Å². The standard InChI is InChI=1S/C7H10O4.C6H8O4/c1-4-3-5(8)7(2,11-4)6(9)10;1-6(5(8)9)4(7)2-3-10-6/h4H,3H2,1-2H3,(H,9,10);2-3H2,1H3,(H,8,9). The van der Waals surface area contributed by atoms with Crippen LogP contribution in [0.2, 0.25) is 0 Å². The smallest absolute Gasteiger partial charge is 0.343 e. The topological polar surface area (TPSA) is 127 Å². The molecule has 0 aromatic heterocycles. The van der Waals surface area contributed by atoms with Crippen molar-refractivity contribution >= 4 is 23.5 Å². The van der Waals surface area contributed by atoms with Crippen LogP contribution in [-0.4, -0.2) is 57.6 Å². The molecular weight excluding hydrogens is 284 g/mol. The Morgan fingerprint density at radius 2 is 1.62 bits per heavy atom. The first-order valence-corrected chi connectivity index (χ1v) is 6.39. The number of carbonyl (C=O) groups is 4. The summed E-state index contributed by atoms with van der Waals surface area (Å²) in [6, 6.07) is 0. The van der Waals surface area contributed by atoms with Gasteiger partial charge in [-0.15, -0.1) is 0 Å². The van der Waals surface area contributed by atoms with Crippen molar-refractivity contribution in [3.8, 4) is 0 Å². The molecule has 0 spiro atoms. The zero-order chi connectivity index (χ0) is 16.4. The minimum atomic E-state index is -1.60. The summed E-state index contributed by atoms with van der Waals surface area (Å²) < 4.78 is 9.74. The highest BCUT2D eigenvalue weighted by Crippen LogP contribution is 2.26. The summed E-state index contributed by atoms with van der Waals surface area (Å²) in [5.74, 6) is -3.10. The number of hydrogen-bond acceptors (Lipinski definition) is 6. The fourth-order valence-electron chi connectivity index (χ4n) is 1.98. The van der Waals surface area contributed by atoms with Crippen LogP contribution in [-0.2, 0) is 28.7 Å². The normalized spacial score (nSPS) is 35.3. The molecule has 0 aliphatic carbocycles. The molecule has 0 aromatic carbocycles. The lowest BCUT2D eigenvalue weighted by atomic mass is 10.0. The molecule has 3 unspecified atom stereocenters. The highest BCUT2D eigenvalue weighted by molar-refractivity contribution is 6.07. The van der Waals surface area contributed by atoms with E-state index in [1.807, 2.05) is 0 Å². The molecule has 3 atom stereocenters. The average molecular weight is 302 g/mol. The molecule has 0 aromatic rings. The van der Waals surface area contributed by atoms with E-state index in [-0.39, 0.29) is 37.1 Å². The summed E-state index contributed by atoms with van der Waals surface area (Å²) in [5, 5.41) is 17.1. The zero-order valence-corrected chi connectivity index (χ0v) is 12.0. The molecule has 2 fully saturated rings. The van der Waals surface area contributed by atoms with Crippen molar-refractivity contribution in [2.45, 2.75) is 50.9 Å². The van der Waals surface area contributed by atoms with Crippen molar-refractivity contribution in [2.75, 3.05) is 6.61 Å². The average Bonchev–Trinajstić information content (AvgIpc) is 2.83. The van der Waals surface area contributed by atoms with Crippen molar-refractivity contribution < 1.29 is 38.9 Å². The summed E-state index contributed by atoms with van der Waals surface area (Å²) in [6.45, 7) is 4.49. The molecule has 0 radical (unpaired) electrons. The lowest BCUT2D eigenvalue weighted by molar-refractivity contribution is -0.165. The molecule has 2 heterocycles. The van der Waals surface area contributed by atoms with E-state index < -0.39 is 23.1 Å². The minimum Gasteiger partial charge on any atom is -0.479 e. The SMILES string of the molecule is CC1(C(=O)O)OCCC1=O.CC1CC(=O)C(C)(C(=O)O)O1. The number of carbonyl (C=O) groups excluding carboxylic acids is 2. The number of hydrogen-bond donors (Lipinski definition) is 2. The van der Waals surface area contributed by atoms with Gasteiger partial charge in [-0.25, -0.2) is 9.59 Å². The van der Waals surface area contributed by atoms with Crippen molar-refractivity contribution in [3.05, 3.63) is 0 Å². The molecule has 2 saturated heterocycles. The highest BCUT2D eigenvalue weighted by Gasteiger charge is 2.49. The number of rotatable bonds is 2. The van der Waals surface area contributed by atoms with Gasteiger partial charge in [0.2, 0.25) is 11.2 Å². The molecule has 2 rings (SSSR count). The Hall–Kier alpha value is -1.80. The van der Waals surface area contributed by atoms with Gasteiger partial charge in [0.25, 0.3) is 0 Å². The quantitative estimate of drug-likeness (QED) is 0.684. The van der Waals surface area contributed by atoms with Crippen molar-refractivity contribution in [2.24, 2.45) is 0 Å². The van der Waals surface area contributed by atoms with Crippen LogP contribution in [0.25, 0.3) is 0 Å². The van der Waals surface area contributed by atoms with Gasteiger partial charge in [0.15, 0.2) is 11.6 Å². The highest BCUT2D eigenvalue weighted by atomic mass is 16.5. The number of ketones is 2. The van der Waals surface area contributed by atoms with E-state index in [9.17, 15) is 19.2 Å². The van der Waals surface area contributed by atoms with Gasteiger partial charge in [0.05, 0.1) is 12.7 Å². The van der Waals surface area contributed by atoms with Crippen molar-refractivity contribution in [1.29, 1.82) is 0 Å². The minimum absolute atomic E-state index is 0.197. The van der Waals surface area contributed by atoms with Crippen molar-refractivity contribution in [3.63, 3.8) is 0 Å². The third-order valence-electron chi connectivity index (χ3n) is 3.51. The third-order valence-corrected chi connectivity index (χ3v) is 3.51. The van der Waals surface area contributed by atoms with Crippen LogP contribution in [0.1, 0.15) is 33.6 Å². The van der Waals surface area contributed by atoms with E-state index in [0.717, 1.165) is 0 Å². The van der Waals surface area contributed by atoms with Gasteiger partial charge in [-0.05, 0) is 20.8 Å². The van der Waals surface area contributed by atoms with Crippen LogP contribution in [0.5, 0.6) is 0 Å². The second kappa shape index (κ2) is 5.90. The van der Waals surface area contributed by atoms with Gasteiger partial charge in [-0.2, -0.15) is 0 Å². The summed E-state index contributed by atoms with van der Waals surface area (Å²) in [6.07, 6.45) is 0.134. The Balaban J connectivity index is 0.000000211. The van der Waals surface area contributed by atoms with Crippen LogP contribution in [0.3, 0.4) is 0 Å². The molecule has 2 aliphatic heterocycles. The number of carboxylic acid groups (broad SMARTS) is 2. The maximum absolute atomic E-state index is 11.0. The Bertz CT molecular complexity index is 485. The maximum atomic E-state index is 11.0. The third kappa shape index (κ3) is 3.27. The molecular formula is C13H18O8. The first kappa shape index (κ1) is 17.3. The molecule has 118 valence electrons. The molecule has 0 bridgehead atoms. The predicted octanol–water partition coefficient (Wildman–Crippen LogP) is 0.0267. The van der Waals surface area contributed by atoms with E-state index in [0.29, 0.717) is 0 Å². The Labute approximate surface area is 121 Å². The molecule has 2 aliphatic rings. The van der Waals surface area contributed by atoms with Gasteiger partial charge < -0.3 is 19.7 Å². The Kier molecular flexibility index (Phi) is 4.85. The van der Waals surface area contributed by atoms with Gasteiger partial charge in [0, 0.05) is 12.8 Å². The van der Waals surface area contributed by atoms with E-state index in [2.05, 4.69) is 0 Å². The number of Topliss-reactive ketones (excluding diaryl/α,β-unsaturated/α-hetero) is 2.